The molecule has 0 aromatic carbocycles. The van der Waals surface area contributed by atoms with Crippen LogP contribution in [0.5, 0.6) is 0 Å². The van der Waals surface area contributed by atoms with Crippen LogP contribution in [-0.2, 0) is 11.2 Å². The molecular formula is C15H26N2O3S. The number of nitrogens with zero attached hydrogens (tertiary/aromatic N) is 1. The third-order valence-electron chi connectivity index (χ3n) is 3.53. The first-order valence-electron chi connectivity index (χ1n) is 7.13. The molecule has 120 valence electrons. The third-order valence-corrected chi connectivity index (χ3v) is 4.31. The average Bonchev–Trinajstić information content (AvgIpc) is 2.84. The second kappa shape index (κ2) is 7.22. The van der Waals surface area contributed by atoms with Gasteiger partial charge in [-0.1, -0.05) is 13.8 Å². The number of thiazole rings is 1. The van der Waals surface area contributed by atoms with Crippen LogP contribution < -0.4 is 5.32 Å². The van der Waals surface area contributed by atoms with E-state index in [1.54, 1.807) is 16.8 Å². The fourth-order valence-electron chi connectivity index (χ4n) is 2.00. The fraction of sp³-hybridized carbons (Fsp3) is 0.733. The van der Waals surface area contributed by atoms with E-state index in [-0.39, 0.29) is 12.5 Å². The highest BCUT2D eigenvalue weighted by molar-refractivity contribution is 7.09. The van der Waals surface area contributed by atoms with E-state index in [9.17, 15) is 9.90 Å². The van der Waals surface area contributed by atoms with E-state index in [2.05, 4.69) is 10.3 Å². The van der Waals surface area contributed by atoms with Gasteiger partial charge in [-0.25, -0.2) is 4.79 Å². The van der Waals surface area contributed by atoms with Gasteiger partial charge in [0.25, 0.3) is 0 Å². The van der Waals surface area contributed by atoms with E-state index in [0.29, 0.717) is 13.0 Å². The van der Waals surface area contributed by atoms with E-state index in [0.717, 1.165) is 4.88 Å². The maximum Gasteiger partial charge on any atom is 0.407 e. The van der Waals surface area contributed by atoms with Crippen LogP contribution in [0.4, 0.5) is 4.79 Å². The fourth-order valence-corrected chi connectivity index (χ4v) is 2.75. The van der Waals surface area contributed by atoms with E-state index < -0.39 is 17.1 Å². The summed E-state index contributed by atoms with van der Waals surface area (Å²) < 4.78 is 5.25. The van der Waals surface area contributed by atoms with Crippen molar-refractivity contribution in [1.29, 1.82) is 0 Å². The number of rotatable bonds is 6. The molecule has 1 aromatic heterocycles. The molecule has 1 unspecified atom stereocenters. The number of carbonyl (C=O) groups excluding carboxylic acids is 1. The molecule has 0 aliphatic rings. The zero-order valence-electron chi connectivity index (χ0n) is 13.5. The van der Waals surface area contributed by atoms with Gasteiger partial charge >= 0.3 is 6.09 Å². The lowest BCUT2D eigenvalue weighted by Crippen LogP contribution is -2.46. The van der Waals surface area contributed by atoms with Gasteiger partial charge in [0.15, 0.2) is 0 Å². The summed E-state index contributed by atoms with van der Waals surface area (Å²) in [5.74, 6) is 0.208. The van der Waals surface area contributed by atoms with Crippen molar-refractivity contribution in [2.45, 2.75) is 46.6 Å². The summed E-state index contributed by atoms with van der Waals surface area (Å²) in [6, 6.07) is 0. The van der Waals surface area contributed by atoms with Crippen LogP contribution in [-0.4, -0.2) is 34.9 Å². The van der Waals surface area contributed by atoms with Crippen LogP contribution in [0.3, 0.4) is 0 Å². The highest BCUT2D eigenvalue weighted by atomic mass is 32.1. The second-order valence-corrected chi connectivity index (χ2v) is 7.65. The zero-order valence-corrected chi connectivity index (χ0v) is 14.3. The Kier molecular flexibility index (Phi) is 6.16. The van der Waals surface area contributed by atoms with Crippen molar-refractivity contribution in [3.63, 3.8) is 0 Å². The van der Waals surface area contributed by atoms with Crippen LogP contribution in [0, 0.1) is 11.3 Å². The molecular weight excluding hydrogens is 288 g/mol. The Bertz CT molecular complexity index is 440. The van der Waals surface area contributed by atoms with E-state index >= 15 is 0 Å². The van der Waals surface area contributed by atoms with Gasteiger partial charge in [-0.3, -0.25) is 4.98 Å². The number of aliphatic hydroxyl groups is 1. The second-order valence-electron chi connectivity index (χ2n) is 6.68. The van der Waals surface area contributed by atoms with Crippen LogP contribution in [0.15, 0.2) is 11.7 Å². The summed E-state index contributed by atoms with van der Waals surface area (Å²) >= 11 is 1.56. The number of nitrogens with one attached hydrogen (secondary N) is 1. The summed E-state index contributed by atoms with van der Waals surface area (Å²) in [4.78, 5) is 17.0. The van der Waals surface area contributed by atoms with Crippen LogP contribution in [0.1, 0.15) is 39.5 Å². The third kappa shape index (κ3) is 5.63. The summed E-state index contributed by atoms with van der Waals surface area (Å²) in [7, 11) is 0. The predicted octanol–water partition coefficient (Wildman–Crippen LogP) is 2.85. The van der Waals surface area contributed by atoms with Gasteiger partial charge in [-0.05, 0) is 33.1 Å². The zero-order chi connectivity index (χ0) is 16.1. The minimum atomic E-state index is -0.526. The van der Waals surface area contributed by atoms with E-state index in [4.69, 9.17) is 4.74 Å². The first-order valence-corrected chi connectivity index (χ1v) is 8.01. The van der Waals surface area contributed by atoms with Crippen LogP contribution >= 0.6 is 11.3 Å². The molecule has 0 saturated carbocycles. The molecule has 0 spiro atoms. The highest BCUT2D eigenvalue weighted by Crippen LogP contribution is 2.32. The molecule has 0 aliphatic heterocycles. The summed E-state index contributed by atoms with van der Waals surface area (Å²) in [6.45, 7) is 9.94. The molecule has 0 bridgehead atoms. The molecule has 1 atom stereocenters. The Morgan fingerprint density at radius 1 is 1.48 bits per heavy atom. The minimum Gasteiger partial charge on any atom is -0.444 e. The molecule has 2 N–H and O–H groups in total. The standard InChI is InChI=1S/C15H26N2O3S/c1-11(2)15(9-18,6-12-7-16-10-21-12)8-17-13(19)20-14(3,4)5/h7,10-11,18H,6,8-9H2,1-5H3,(H,17,19). The van der Waals surface area contributed by atoms with Gasteiger partial charge in [0.05, 0.1) is 12.1 Å². The molecule has 1 amide bonds. The molecule has 5 nitrogen and oxygen atoms in total. The van der Waals surface area contributed by atoms with Gasteiger partial charge in [-0.15, -0.1) is 11.3 Å². The van der Waals surface area contributed by atoms with Gasteiger partial charge in [-0.2, -0.15) is 0 Å². The molecule has 1 rings (SSSR count). The minimum absolute atomic E-state index is 0.00162. The Morgan fingerprint density at radius 3 is 2.57 bits per heavy atom. The number of aromatic nitrogens is 1. The molecule has 6 heteroatoms. The number of hydrogen-bond acceptors (Lipinski definition) is 5. The Balaban J connectivity index is 2.72. The Hall–Kier alpha value is -1.14. The van der Waals surface area contributed by atoms with Crippen LogP contribution in [0.25, 0.3) is 0 Å². The topological polar surface area (TPSA) is 71.5 Å². The number of amides is 1. The first-order chi connectivity index (χ1) is 9.68. The average molecular weight is 314 g/mol. The van der Waals surface area contributed by atoms with E-state index in [1.807, 2.05) is 40.8 Å². The maximum atomic E-state index is 11.8. The quantitative estimate of drug-likeness (QED) is 0.847. The largest absolute Gasteiger partial charge is 0.444 e. The summed E-state index contributed by atoms with van der Waals surface area (Å²) in [5, 5.41) is 12.7. The van der Waals surface area contributed by atoms with Crippen LogP contribution in [0.2, 0.25) is 0 Å². The molecule has 0 radical (unpaired) electrons. The van der Waals surface area contributed by atoms with Crippen molar-refractivity contribution in [3.8, 4) is 0 Å². The molecule has 0 fully saturated rings. The number of hydrogen-bond donors (Lipinski definition) is 2. The van der Waals surface area contributed by atoms with Crippen molar-refractivity contribution in [1.82, 2.24) is 10.3 Å². The molecule has 1 heterocycles. The molecule has 0 saturated heterocycles. The lowest BCUT2D eigenvalue weighted by atomic mass is 9.74. The lowest BCUT2D eigenvalue weighted by molar-refractivity contribution is 0.0396. The van der Waals surface area contributed by atoms with Crippen molar-refractivity contribution in [2.75, 3.05) is 13.2 Å². The van der Waals surface area contributed by atoms with Crippen molar-refractivity contribution >= 4 is 17.4 Å². The summed E-state index contributed by atoms with van der Waals surface area (Å²) in [5.41, 5.74) is 0.837. The Labute approximate surface area is 130 Å². The van der Waals surface area contributed by atoms with Crippen molar-refractivity contribution in [2.24, 2.45) is 11.3 Å². The van der Waals surface area contributed by atoms with Crippen molar-refractivity contribution in [3.05, 3.63) is 16.6 Å². The first kappa shape index (κ1) is 17.9. The van der Waals surface area contributed by atoms with E-state index in [1.165, 1.54) is 0 Å². The van der Waals surface area contributed by atoms with Gasteiger partial charge in [0.1, 0.15) is 5.60 Å². The SMILES string of the molecule is CC(C)C(CO)(CNC(=O)OC(C)(C)C)Cc1cncs1. The highest BCUT2D eigenvalue weighted by Gasteiger charge is 2.35. The number of aliphatic hydroxyl groups excluding tert-OH is 1. The molecule has 21 heavy (non-hydrogen) atoms. The number of carbonyl (C=O) groups is 1. The lowest BCUT2D eigenvalue weighted by Gasteiger charge is -2.36. The monoisotopic (exact) mass is 314 g/mol. The normalized spacial score (nSPS) is 14.8. The predicted molar refractivity (Wildman–Crippen MR) is 84.4 cm³/mol. The smallest absolute Gasteiger partial charge is 0.407 e. The van der Waals surface area contributed by atoms with Crippen molar-refractivity contribution < 1.29 is 14.6 Å². The summed E-state index contributed by atoms with van der Waals surface area (Å²) in [6.07, 6.45) is 2.04. The molecule has 1 aromatic rings. The van der Waals surface area contributed by atoms with Gasteiger partial charge < -0.3 is 15.2 Å². The maximum absolute atomic E-state index is 11.8. The number of ether oxygens (including phenoxy) is 1. The van der Waals surface area contributed by atoms with Gasteiger partial charge in [0.2, 0.25) is 0 Å². The Morgan fingerprint density at radius 2 is 2.14 bits per heavy atom. The molecule has 0 aliphatic carbocycles. The number of alkyl carbamates (subject to hydrolysis) is 1. The van der Waals surface area contributed by atoms with Gasteiger partial charge in [0, 0.05) is 23.0 Å².